The van der Waals surface area contributed by atoms with E-state index in [2.05, 4.69) is 13.8 Å². The Labute approximate surface area is 342 Å². The summed E-state index contributed by atoms with van der Waals surface area (Å²) in [4.78, 5) is 55.1. The van der Waals surface area contributed by atoms with E-state index >= 15 is 0 Å². The minimum Gasteiger partial charge on any atom is -0.271 e. The lowest BCUT2D eigenvalue weighted by atomic mass is 10.0. The van der Waals surface area contributed by atoms with Crippen molar-refractivity contribution in [2.45, 2.75) is 232 Å². The average molecular weight is 773 g/mol. The number of benzene rings is 1. The number of carbonyl (C=O) groups is 4. The fourth-order valence-electron chi connectivity index (χ4n) is 8.36. The summed E-state index contributed by atoms with van der Waals surface area (Å²) in [6, 6.07) is 7.53. The van der Waals surface area contributed by atoms with Crippen LogP contribution >= 0.6 is 0 Å². The van der Waals surface area contributed by atoms with Gasteiger partial charge in [-0.3, -0.25) is 29.0 Å². The lowest BCUT2D eigenvalue weighted by Crippen LogP contribution is -2.33. The number of amides is 4. The van der Waals surface area contributed by atoms with Gasteiger partial charge in [0.05, 0.1) is 13.1 Å². The van der Waals surface area contributed by atoms with Gasteiger partial charge in [0.1, 0.15) is 0 Å². The molecule has 314 valence electrons. The molecule has 6 heteroatoms. The highest BCUT2D eigenvalue weighted by molar-refractivity contribution is 6.16. The van der Waals surface area contributed by atoms with Crippen LogP contribution in [0.2, 0.25) is 0 Å². The van der Waals surface area contributed by atoms with Gasteiger partial charge in [0.15, 0.2) is 0 Å². The third-order valence-corrected chi connectivity index (χ3v) is 12.0. The van der Waals surface area contributed by atoms with Gasteiger partial charge in [-0.25, -0.2) is 0 Å². The van der Waals surface area contributed by atoms with Gasteiger partial charge in [0.2, 0.25) is 0 Å². The second kappa shape index (κ2) is 30.1. The molecule has 0 unspecified atom stereocenters. The van der Waals surface area contributed by atoms with Crippen molar-refractivity contribution in [3.8, 4) is 0 Å². The number of unbranched alkanes of at least 4 members (excludes halogenated alkanes) is 28. The zero-order chi connectivity index (χ0) is 40.1. The highest BCUT2D eigenvalue weighted by Crippen LogP contribution is 2.26. The standard InChI is InChI=1S/C50H80N2O4/c1-3-5-7-9-11-13-15-17-19-21-23-25-27-29-31-35-43-39-47(53)51(49(43)55)41-45-37-33-34-38-46(45)42-52-48(54)40-44(50(52)56)36-32-30-28-26-24-22-20-18-16-14-12-10-8-6-4-2/h33-34,37-40H,3-32,35-36,41-42H2,1-2H3. The molecule has 0 fully saturated rings. The first-order valence-corrected chi connectivity index (χ1v) is 23.7. The number of rotatable bonds is 36. The van der Waals surface area contributed by atoms with E-state index in [1.54, 1.807) is 0 Å². The zero-order valence-corrected chi connectivity index (χ0v) is 36.0. The van der Waals surface area contributed by atoms with Crippen LogP contribution in [-0.4, -0.2) is 33.4 Å². The van der Waals surface area contributed by atoms with Gasteiger partial charge < -0.3 is 0 Å². The number of carbonyl (C=O) groups excluding carboxylic acids is 4. The van der Waals surface area contributed by atoms with E-state index in [-0.39, 0.29) is 36.7 Å². The van der Waals surface area contributed by atoms with Crippen LogP contribution in [0.1, 0.15) is 230 Å². The molecular weight excluding hydrogens is 693 g/mol. The van der Waals surface area contributed by atoms with Crippen molar-refractivity contribution in [2.75, 3.05) is 0 Å². The summed E-state index contributed by atoms with van der Waals surface area (Å²) in [5.41, 5.74) is 2.76. The highest BCUT2D eigenvalue weighted by atomic mass is 16.2. The maximum Gasteiger partial charge on any atom is 0.257 e. The molecule has 3 rings (SSSR count). The van der Waals surface area contributed by atoms with E-state index in [4.69, 9.17) is 0 Å². The Kier molecular flexibility index (Phi) is 25.5. The summed E-state index contributed by atoms with van der Waals surface area (Å²) in [5.74, 6) is -0.977. The molecule has 1 aromatic rings. The third-order valence-electron chi connectivity index (χ3n) is 12.0. The SMILES string of the molecule is CCCCCCCCCCCCCCCCCC1=CC(=O)N(Cc2ccccc2CN2C(=O)C=C(CCCCCCCCCCCCCCCCC)C2=O)C1=O. The second-order valence-corrected chi connectivity index (χ2v) is 17.0. The zero-order valence-electron chi connectivity index (χ0n) is 36.0. The average Bonchev–Trinajstić information content (AvgIpc) is 3.62. The Balaban J connectivity index is 1.26. The van der Waals surface area contributed by atoms with E-state index in [0.717, 1.165) is 36.8 Å². The molecule has 2 heterocycles. The van der Waals surface area contributed by atoms with Crippen molar-refractivity contribution in [1.82, 2.24) is 9.80 Å². The van der Waals surface area contributed by atoms with Crippen molar-refractivity contribution in [3.63, 3.8) is 0 Å². The van der Waals surface area contributed by atoms with Crippen molar-refractivity contribution >= 4 is 23.6 Å². The molecular formula is C50H80N2O4. The number of hydrogen-bond acceptors (Lipinski definition) is 4. The van der Waals surface area contributed by atoms with E-state index in [1.165, 1.54) is 189 Å². The summed E-state index contributed by atoms with van der Waals surface area (Å²) >= 11 is 0. The molecule has 4 amide bonds. The minimum absolute atomic E-state index is 0.141. The van der Waals surface area contributed by atoms with Crippen LogP contribution in [0.15, 0.2) is 47.6 Å². The van der Waals surface area contributed by atoms with Crippen LogP contribution < -0.4 is 0 Å². The van der Waals surface area contributed by atoms with Crippen LogP contribution in [0.3, 0.4) is 0 Å². The van der Waals surface area contributed by atoms with Crippen LogP contribution in [0.5, 0.6) is 0 Å². The molecule has 2 aliphatic rings. The molecule has 0 spiro atoms. The summed E-state index contributed by atoms with van der Waals surface area (Å²) in [6.07, 6.45) is 43.1. The predicted octanol–water partition coefficient (Wildman–Crippen LogP) is 13.8. The molecule has 0 aromatic heterocycles. The highest BCUT2D eigenvalue weighted by Gasteiger charge is 2.33. The Morgan fingerprint density at radius 1 is 0.357 bits per heavy atom. The molecule has 1 aromatic carbocycles. The fraction of sp³-hybridized carbons (Fsp3) is 0.720. The smallest absolute Gasteiger partial charge is 0.257 e. The summed E-state index contributed by atoms with van der Waals surface area (Å²) in [5, 5.41) is 0. The largest absolute Gasteiger partial charge is 0.271 e. The van der Waals surface area contributed by atoms with E-state index in [0.29, 0.717) is 24.0 Å². The quantitative estimate of drug-likeness (QED) is 0.0503. The number of hydrogen-bond donors (Lipinski definition) is 0. The number of nitrogens with zero attached hydrogens (tertiary/aromatic N) is 2. The summed E-state index contributed by atoms with van der Waals surface area (Å²) in [7, 11) is 0. The third kappa shape index (κ3) is 18.9. The van der Waals surface area contributed by atoms with Crippen LogP contribution in [0.4, 0.5) is 0 Å². The molecule has 0 saturated heterocycles. The molecule has 0 radical (unpaired) electrons. The Morgan fingerprint density at radius 2 is 0.607 bits per heavy atom. The first-order chi connectivity index (χ1) is 27.5. The maximum atomic E-state index is 13.3. The normalized spacial score (nSPS) is 14.5. The van der Waals surface area contributed by atoms with E-state index in [1.807, 2.05) is 24.3 Å². The minimum atomic E-state index is -0.276. The van der Waals surface area contributed by atoms with E-state index < -0.39 is 0 Å². The second-order valence-electron chi connectivity index (χ2n) is 17.0. The maximum absolute atomic E-state index is 13.3. The molecule has 0 aliphatic carbocycles. The molecule has 0 bridgehead atoms. The van der Waals surface area contributed by atoms with Crippen LogP contribution in [-0.2, 0) is 32.3 Å². The molecule has 2 aliphatic heterocycles. The Morgan fingerprint density at radius 3 is 0.875 bits per heavy atom. The predicted molar refractivity (Wildman–Crippen MR) is 233 cm³/mol. The molecule has 0 atom stereocenters. The van der Waals surface area contributed by atoms with Gasteiger partial charge in [-0.1, -0.05) is 218 Å². The van der Waals surface area contributed by atoms with Gasteiger partial charge in [-0.15, -0.1) is 0 Å². The van der Waals surface area contributed by atoms with Crippen molar-refractivity contribution in [3.05, 3.63) is 58.7 Å². The Hall–Kier alpha value is -3.02. The van der Waals surface area contributed by atoms with E-state index in [9.17, 15) is 19.2 Å². The van der Waals surface area contributed by atoms with Gasteiger partial charge in [-0.2, -0.15) is 0 Å². The van der Waals surface area contributed by atoms with Gasteiger partial charge >= 0.3 is 0 Å². The fourth-order valence-corrected chi connectivity index (χ4v) is 8.36. The Bertz CT molecular complexity index is 1250. The molecule has 0 saturated carbocycles. The topological polar surface area (TPSA) is 74.8 Å². The molecule has 56 heavy (non-hydrogen) atoms. The lowest BCUT2D eigenvalue weighted by Gasteiger charge is -2.20. The first-order valence-electron chi connectivity index (χ1n) is 23.7. The summed E-state index contributed by atoms with van der Waals surface area (Å²) < 4.78 is 0. The first kappa shape index (κ1) is 47.4. The molecule has 6 nitrogen and oxygen atoms in total. The van der Waals surface area contributed by atoms with Gasteiger partial charge in [-0.05, 0) is 36.8 Å². The van der Waals surface area contributed by atoms with Crippen molar-refractivity contribution < 1.29 is 19.2 Å². The summed E-state index contributed by atoms with van der Waals surface area (Å²) in [6.45, 7) is 4.82. The van der Waals surface area contributed by atoms with Crippen molar-refractivity contribution in [2.24, 2.45) is 0 Å². The molecule has 0 N–H and O–H groups in total. The van der Waals surface area contributed by atoms with Gasteiger partial charge in [0, 0.05) is 23.3 Å². The lowest BCUT2D eigenvalue weighted by molar-refractivity contribution is -0.139. The number of imide groups is 2. The van der Waals surface area contributed by atoms with Crippen LogP contribution in [0.25, 0.3) is 0 Å². The monoisotopic (exact) mass is 773 g/mol. The van der Waals surface area contributed by atoms with Crippen molar-refractivity contribution in [1.29, 1.82) is 0 Å². The van der Waals surface area contributed by atoms with Gasteiger partial charge in [0.25, 0.3) is 23.6 Å². The van der Waals surface area contributed by atoms with Crippen LogP contribution in [0, 0.1) is 0 Å².